The molecule has 0 saturated carbocycles. The van der Waals surface area contributed by atoms with Gasteiger partial charge in [-0.3, -0.25) is 4.74 Å². The van der Waals surface area contributed by atoms with Gasteiger partial charge in [-0.2, -0.15) is 5.10 Å². The van der Waals surface area contributed by atoms with E-state index in [-0.39, 0.29) is 24.4 Å². The first-order valence-corrected chi connectivity index (χ1v) is 12.7. The molecule has 6 heterocycles. The van der Waals surface area contributed by atoms with E-state index in [1.807, 2.05) is 17.8 Å². The number of hydrogen-bond acceptors (Lipinski definition) is 7. The Morgan fingerprint density at radius 1 is 1.09 bits per heavy atom. The van der Waals surface area contributed by atoms with Crippen LogP contribution in [0.25, 0.3) is 11.0 Å². The maximum absolute atomic E-state index is 12.8. The first-order valence-electron chi connectivity index (χ1n) is 12.7. The van der Waals surface area contributed by atoms with Crippen molar-refractivity contribution in [1.82, 2.24) is 14.8 Å². The van der Waals surface area contributed by atoms with Gasteiger partial charge in [0.2, 0.25) is 0 Å². The summed E-state index contributed by atoms with van der Waals surface area (Å²) in [6.07, 6.45) is 2.01. The highest BCUT2D eigenvalue weighted by molar-refractivity contribution is 5.92. The monoisotopic (exact) mass is 495 g/mol. The van der Waals surface area contributed by atoms with Crippen LogP contribution in [-0.4, -0.2) is 71.7 Å². The van der Waals surface area contributed by atoms with E-state index in [4.69, 9.17) is 14.5 Å². The lowest BCUT2D eigenvalue weighted by Crippen LogP contribution is -2.47. The average molecular weight is 496 g/mol. The molecule has 0 aromatic carbocycles. The molecule has 6 rings (SSSR count). The van der Waals surface area contributed by atoms with Crippen molar-refractivity contribution < 1.29 is 27.4 Å². The molecule has 0 radical (unpaired) electrons. The van der Waals surface area contributed by atoms with Crippen LogP contribution in [0.15, 0.2) is 12.3 Å². The number of piperidine rings is 1. The van der Waals surface area contributed by atoms with Gasteiger partial charge in [0.1, 0.15) is 5.82 Å². The summed E-state index contributed by atoms with van der Waals surface area (Å²) in [5.74, 6) is 0.890. The van der Waals surface area contributed by atoms with Crippen molar-refractivity contribution >= 4 is 22.5 Å². The van der Waals surface area contributed by atoms with Crippen molar-refractivity contribution in [1.29, 1.82) is 0 Å². The number of halogens is 3. The second-order valence-electron chi connectivity index (χ2n) is 10.2. The summed E-state index contributed by atoms with van der Waals surface area (Å²) in [6.45, 7) is 4.52. The fourth-order valence-electron chi connectivity index (χ4n) is 6.27. The van der Waals surface area contributed by atoms with E-state index in [2.05, 4.69) is 25.7 Å². The number of nitrogens with zero attached hydrogens (tertiary/aromatic N) is 5. The molecule has 192 valence electrons. The molecule has 4 aliphatic heterocycles. The number of anilines is 2. The lowest BCUT2D eigenvalue weighted by atomic mass is 9.99. The van der Waals surface area contributed by atoms with Crippen LogP contribution in [0.2, 0.25) is 0 Å². The van der Waals surface area contributed by atoms with E-state index < -0.39 is 12.5 Å². The summed E-state index contributed by atoms with van der Waals surface area (Å²) < 4.78 is 56.6. The van der Waals surface area contributed by atoms with Crippen LogP contribution in [0.5, 0.6) is 0 Å². The highest BCUT2D eigenvalue weighted by Gasteiger charge is 2.40. The number of morpholine rings is 1. The minimum absolute atomic E-state index is 0.120. The zero-order chi connectivity index (χ0) is 24.2. The molecule has 4 aliphatic rings. The van der Waals surface area contributed by atoms with Crippen LogP contribution in [0.3, 0.4) is 0 Å². The van der Waals surface area contributed by atoms with Gasteiger partial charge in [0, 0.05) is 25.3 Å². The zero-order valence-corrected chi connectivity index (χ0v) is 19.9. The summed E-state index contributed by atoms with van der Waals surface area (Å²) >= 11 is 0. The summed E-state index contributed by atoms with van der Waals surface area (Å²) in [6, 6.07) is 2.56. The standard InChI is InChI=1S/C24H32F3N5O3/c1-15-10-18(35-24(25,26)27)7-8-30(15)20-11-21(31-16-5-6-17(31)14-33-13-16)29-23-19(20)12-28-32(23)22-4-2-3-9-34-22/h11-12,15-18,22H,2-10,13-14H2,1H3/t15-,16?,17?,18?,22?/m1/s1. The summed E-state index contributed by atoms with van der Waals surface area (Å²) in [5.41, 5.74) is 1.74. The Kier molecular flexibility index (Phi) is 6.04. The number of hydrogen-bond donors (Lipinski definition) is 0. The molecule has 4 unspecified atom stereocenters. The minimum Gasteiger partial charge on any atom is -0.377 e. The highest BCUT2D eigenvalue weighted by atomic mass is 19.4. The van der Waals surface area contributed by atoms with Gasteiger partial charge in [-0.1, -0.05) is 0 Å². The lowest BCUT2D eigenvalue weighted by molar-refractivity contribution is -0.344. The molecule has 0 amide bonds. The van der Waals surface area contributed by atoms with E-state index in [0.29, 0.717) is 39.2 Å². The fraction of sp³-hybridized carbons (Fsp3) is 0.750. The summed E-state index contributed by atoms with van der Waals surface area (Å²) in [5, 5.41) is 5.60. The van der Waals surface area contributed by atoms with E-state index in [1.165, 1.54) is 0 Å². The van der Waals surface area contributed by atoms with Crippen molar-refractivity contribution in [3.63, 3.8) is 0 Å². The van der Waals surface area contributed by atoms with Crippen LogP contribution in [0, 0.1) is 0 Å². The first-order chi connectivity index (χ1) is 16.9. The Hall–Kier alpha value is -2.11. The average Bonchev–Trinajstić information content (AvgIpc) is 3.36. The van der Waals surface area contributed by atoms with Crippen LogP contribution >= 0.6 is 0 Å². The van der Waals surface area contributed by atoms with Crippen LogP contribution in [0.1, 0.15) is 58.1 Å². The highest BCUT2D eigenvalue weighted by Crippen LogP contribution is 2.40. The molecule has 4 fully saturated rings. The van der Waals surface area contributed by atoms with Gasteiger partial charge in [-0.05, 0) is 51.9 Å². The van der Waals surface area contributed by atoms with Gasteiger partial charge in [0.25, 0.3) is 0 Å². The second-order valence-corrected chi connectivity index (χ2v) is 10.2. The normalized spacial score (nSPS) is 31.9. The summed E-state index contributed by atoms with van der Waals surface area (Å²) in [7, 11) is 0. The van der Waals surface area contributed by atoms with Gasteiger partial charge in [0.15, 0.2) is 11.9 Å². The Balaban J connectivity index is 1.38. The van der Waals surface area contributed by atoms with E-state index in [0.717, 1.165) is 54.6 Å². The number of alkyl halides is 3. The number of pyridine rings is 1. The Bertz CT molecular complexity index is 1040. The molecule has 4 saturated heterocycles. The van der Waals surface area contributed by atoms with Crippen LogP contribution < -0.4 is 9.80 Å². The largest absolute Gasteiger partial charge is 0.522 e. The van der Waals surface area contributed by atoms with Crippen molar-refractivity contribution in [3.05, 3.63) is 12.3 Å². The van der Waals surface area contributed by atoms with Gasteiger partial charge in [0.05, 0.1) is 48.7 Å². The Labute approximate surface area is 202 Å². The molecule has 11 heteroatoms. The number of fused-ring (bicyclic) bond motifs is 3. The summed E-state index contributed by atoms with van der Waals surface area (Å²) in [4.78, 5) is 9.69. The minimum atomic E-state index is -4.61. The molecule has 2 bridgehead atoms. The quantitative estimate of drug-likeness (QED) is 0.623. The lowest BCUT2D eigenvalue weighted by Gasteiger charge is -2.40. The van der Waals surface area contributed by atoms with E-state index in [9.17, 15) is 13.2 Å². The van der Waals surface area contributed by atoms with Gasteiger partial charge in [-0.15, -0.1) is 13.2 Å². The molecule has 8 nitrogen and oxygen atoms in total. The van der Waals surface area contributed by atoms with Crippen molar-refractivity contribution in [3.8, 4) is 0 Å². The topological polar surface area (TPSA) is 64.9 Å². The number of rotatable bonds is 4. The molecule has 0 aliphatic carbocycles. The molecule has 35 heavy (non-hydrogen) atoms. The van der Waals surface area contributed by atoms with Gasteiger partial charge < -0.3 is 19.3 Å². The Morgan fingerprint density at radius 2 is 1.89 bits per heavy atom. The van der Waals surface area contributed by atoms with Crippen LogP contribution in [0.4, 0.5) is 24.7 Å². The van der Waals surface area contributed by atoms with Crippen molar-refractivity contribution in [2.75, 3.05) is 36.2 Å². The number of aromatic nitrogens is 3. The molecular formula is C24H32F3N5O3. The molecule has 2 aromatic rings. The molecular weight excluding hydrogens is 463 g/mol. The third-order valence-corrected chi connectivity index (χ3v) is 7.90. The fourth-order valence-corrected chi connectivity index (χ4v) is 6.27. The maximum atomic E-state index is 12.8. The zero-order valence-electron chi connectivity index (χ0n) is 19.9. The SMILES string of the molecule is C[C@@H]1CC(OC(F)(F)F)CCN1c1cc(N2C3CCC2COC3)nc2c1cnn2C1CCCCO1. The maximum Gasteiger partial charge on any atom is 0.522 e. The van der Waals surface area contributed by atoms with Gasteiger partial charge in [-0.25, -0.2) is 9.67 Å². The van der Waals surface area contributed by atoms with Crippen molar-refractivity contribution in [2.45, 2.75) is 88.7 Å². The smallest absolute Gasteiger partial charge is 0.377 e. The van der Waals surface area contributed by atoms with Crippen molar-refractivity contribution in [2.24, 2.45) is 0 Å². The molecule has 2 aromatic heterocycles. The predicted octanol–water partition coefficient (Wildman–Crippen LogP) is 4.39. The van der Waals surface area contributed by atoms with Gasteiger partial charge >= 0.3 is 6.36 Å². The van der Waals surface area contributed by atoms with Crippen LogP contribution in [-0.2, 0) is 14.2 Å². The number of ether oxygens (including phenoxy) is 3. The van der Waals surface area contributed by atoms with E-state index >= 15 is 0 Å². The second kappa shape index (κ2) is 9.08. The molecule has 0 spiro atoms. The predicted molar refractivity (Wildman–Crippen MR) is 123 cm³/mol. The molecule has 5 atom stereocenters. The first kappa shape index (κ1) is 23.3. The third-order valence-electron chi connectivity index (χ3n) is 7.90. The third kappa shape index (κ3) is 4.46. The molecule has 0 N–H and O–H groups in total. The van der Waals surface area contributed by atoms with E-state index in [1.54, 1.807) is 0 Å². The Morgan fingerprint density at radius 3 is 2.57 bits per heavy atom.